The van der Waals surface area contributed by atoms with Crippen LogP contribution in [0.5, 0.6) is 5.75 Å². The summed E-state index contributed by atoms with van der Waals surface area (Å²) in [5.41, 5.74) is 1.69. The van der Waals surface area contributed by atoms with E-state index < -0.39 is 22.0 Å². The molecule has 0 aliphatic carbocycles. The molecule has 1 aliphatic heterocycles. The van der Waals surface area contributed by atoms with Crippen molar-refractivity contribution in [3.63, 3.8) is 0 Å². The molecule has 1 atom stereocenters. The molecule has 3 rings (SSSR count). The van der Waals surface area contributed by atoms with Gasteiger partial charge in [-0.05, 0) is 63.2 Å². The van der Waals surface area contributed by atoms with Crippen LogP contribution in [-0.2, 0) is 19.6 Å². The minimum Gasteiger partial charge on any atom is -0.496 e. The number of hydrogen-bond acceptors (Lipinski definition) is 7. The highest BCUT2D eigenvalue weighted by atomic mass is 32.2. The van der Waals surface area contributed by atoms with E-state index in [9.17, 15) is 13.2 Å². The number of hydrogen-bond donors (Lipinski definition) is 3. The Hall–Kier alpha value is -3.64. The first-order valence-corrected chi connectivity index (χ1v) is 13.1. The first kappa shape index (κ1) is 29.6. The Labute approximate surface area is 216 Å². The zero-order chi connectivity index (χ0) is 27.8. The SMILES string of the molecule is CCN1CCCC(NC(=O)c2cc(N(C)S(=O)(=O)c3ccc(C)cc3)ccc2OC)C1.O=C(O)C(=O)O. The highest BCUT2D eigenvalue weighted by molar-refractivity contribution is 7.92. The molecule has 3 N–H and O–H groups in total. The van der Waals surface area contributed by atoms with E-state index in [0.717, 1.165) is 38.0 Å². The third-order valence-electron chi connectivity index (χ3n) is 5.94. The van der Waals surface area contributed by atoms with E-state index in [1.165, 1.54) is 18.5 Å². The van der Waals surface area contributed by atoms with Gasteiger partial charge in [-0.25, -0.2) is 18.0 Å². The van der Waals surface area contributed by atoms with Gasteiger partial charge in [-0.15, -0.1) is 0 Å². The lowest BCUT2D eigenvalue weighted by Gasteiger charge is -2.32. The molecule has 0 aromatic heterocycles. The van der Waals surface area contributed by atoms with E-state index in [1.54, 1.807) is 42.5 Å². The number of carbonyl (C=O) groups is 3. The summed E-state index contributed by atoms with van der Waals surface area (Å²) >= 11 is 0. The van der Waals surface area contributed by atoms with Crippen molar-refractivity contribution < 1.29 is 37.8 Å². The van der Waals surface area contributed by atoms with Crippen molar-refractivity contribution in [2.75, 3.05) is 38.1 Å². The molecule has 37 heavy (non-hydrogen) atoms. The Morgan fingerprint density at radius 3 is 2.27 bits per heavy atom. The number of nitrogens with one attached hydrogen (secondary N) is 1. The fraction of sp³-hybridized carbons (Fsp3) is 0.400. The molecule has 1 heterocycles. The van der Waals surface area contributed by atoms with Crippen molar-refractivity contribution in [1.82, 2.24) is 10.2 Å². The fourth-order valence-electron chi connectivity index (χ4n) is 3.80. The van der Waals surface area contributed by atoms with Crippen LogP contribution in [0.15, 0.2) is 47.4 Å². The number of methoxy groups -OCH3 is 1. The second-order valence-corrected chi connectivity index (χ2v) is 10.5. The molecule has 1 aliphatic rings. The zero-order valence-corrected chi connectivity index (χ0v) is 22.1. The number of likely N-dealkylation sites (N-methyl/N-ethyl adjacent to an activating group) is 1. The number of rotatable bonds is 7. The third-order valence-corrected chi connectivity index (χ3v) is 7.74. The van der Waals surface area contributed by atoms with Crippen molar-refractivity contribution >= 4 is 33.6 Å². The maximum absolute atomic E-state index is 13.1. The van der Waals surface area contributed by atoms with Crippen molar-refractivity contribution in [3.8, 4) is 5.75 Å². The fourth-order valence-corrected chi connectivity index (χ4v) is 4.99. The number of ether oxygens (including phenoxy) is 1. The molecule has 1 unspecified atom stereocenters. The number of carbonyl (C=O) groups excluding carboxylic acids is 1. The number of benzene rings is 2. The van der Waals surface area contributed by atoms with Crippen LogP contribution >= 0.6 is 0 Å². The Morgan fingerprint density at radius 2 is 1.73 bits per heavy atom. The van der Waals surface area contributed by atoms with Gasteiger partial charge in [0.2, 0.25) is 0 Å². The first-order chi connectivity index (χ1) is 17.4. The Balaban J connectivity index is 0.000000717. The van der Waals surface area contributed by atoms with Gasteiger partial charge in [-0.2, -0.15) is 0 Å². The van der Waals surface area contributed by atoms with Crippen LogP contribution in [-0.4, -0.2) is 81.2 Å². The van der Waals surface area contributed by atoms with Crippen LogP contribution in [0, 0.1) is 6.92 Å². The molecule has 1 saturated heterocycles. The number of carboxylic acid groups (broad SMARTS) is 2. The maximum atomic E-state index is 13.1. The van der Waals surface area contributed by atoms with Crippen molar-refractivity contribution in [2.24, 2.45) is 0 Å². The van der Waals surface area contributed by atoms with E-state index in [0.29, 0.717) is 17.0 Å². The maximum Gasteiger partial charge on any atom is 0.414 e. The van der Waals surface area contributed by atoms with Crippen LogP contribution in [0.25, 0.3) is 0 Å². The predicted molar refractivity (Wildman–Crippen MR) is 138 cm³/mol. The standard InChI is InChI=1S/C23H31N3O4S.C2H2O4/c1-5-26-14-6-7-18(16-26)24-23(27)21-15-19(10-13-22(21)30-4)25(3)31(28,29)20-11-8-17(2)9-12-20;3-1(4)2(5)6/h8-13,15,18H,5-7,14,16H2,1-4H3,(H,24,27);(H,3,4)(H,5,6). The second-order valence-electron chi connectivity index (χ2n) is 8.49. The molecular weight excluding hydrogens is 502 g/mol. The summed E-state index contributed by atoms with van der Waals surface area (Å²) in [4.78, 5) is 33.7. The molecule has 2 aromatic rings. The molecular formula is C25H33N3O8S. The molecule has 0 saturated carbocycles. The molecule has 2 aromatic carbocycles. The number of likely N-dealkylation sites (tertiary alicyclic amines) is 1. The summed E-state index contributed by atoms with van der Waals surface area (Å²) in [6.07, 6.45) is 1.96. The summed E-state index contributed by atoms with van der Waals surface area (Å²) < 4.78 is 32.7. The lowest BCUT2D eigenvalue weighted by molar-refractivity contribution is -0.159. The minimum atomic E-state index is -3.75. The molecule has 0 radical (unpaired) electrons. The van der Waals surface area contributed by atoms with Gasteiger partial charge in [0.05, 0.1) is 23.3 Å². The van der Waals surface area contributed by atoms with E-state index in [1.807, 2.05) is 6.92 Å². The highest BCUT2D eigenvalue weighted by Crippen LogP contribution is 2.28. The smallest absolute Gasteiger partial charge is 0.414 e. The van der Waals surface area contributed by atoms with Gasteiger partial charge in [-0.1, -0.05) is 24.6 Å². The average Bonchev–Trinajstić information content (AvgIpc) is 2.88. The van der Waals surface area contributed by atoms with E-state index in [2.05, 4.69) is 17.1 Å². The number of aryl methyl sites for hydroxylation is 1. The van der Waals surface area contributed by atoms with E-state index >= 15 is 0 Å². The largest absolute Gasteiger partial charge is 0.496 e. The quantitative estimate of drug-likeness (QED) is 0.453. The average molecular weight is 536 g/mol. The van der Waals surface area contributed by atoms with Crippen molar-refractivity contribution in [3.05, 3.63) is 53.6 Å². The molecule has 0 bridgehead atoms. The minimum absolute atomic E-state index is 0.0589. The number of anilines is 1. The molecule has 202 valence electrons. The van der Waals surface area contributed by atoms with Gasteiger partial charge in [0.1, 0.15) is 5.75 Å². The molecule has 1 amide bonds. The lowest BCUT2D eigenvalue weighted by Crippen LogP contribution is -2.47. The number of aliphatic carboxylic acids is 2. The van der Waals surface area contributed by atoms with Crippen LogP contribution in [0.4, 0.5) is 5.69 Å². The Kier molecular flexibility index (Phi) is 10.4. The van der Waals surface area contributed by atoms with Crippen LogP contribution < -0.4 is 14.4 Å². The summed E-state index contributed by atoms with van der Waals surface area (Å²) in [7, 11) is -0.772. The summed E-state index contributed by atoms with van der Waals surface area (Å²) in [6, 6.07) is 11.6. The summed E-state index contributed by atoms with van der Waals surface area (Å²) in [5, 5.41) is 17.9. The predicted octanol–water partition coefficient (Wildman–Crippen LogP) is 2.20. The summed E-state index contributed by atoms with van der Waals surface area (Å²) in [6.45, 7) is 6.82. The number of sulfonamides is 1. The topological polar surface area (TPSA) is 154 Å². The van der Waals surface area contributed by atoms with Crippen LogP contribution in [0.3, 0.4) is 0 Å². The number of piperidine rings is 1. The lowest BCUT2D eigenvalue weighted by atomic mass is 10.0. The first-order valence-electron chi connectivity index (χ1n) is 11.6. The van der Waals surface area contributed by atoms with Gasteiger partial charge in [0.15, 0.2) is 0 Å². The van der Waals surface area contributed by atoms with E-state index in [-0.39, 0.29) is 16.8 Å². The van der Waals surface area contributed by atoms with Crippen LogP contribution in [0.1, 0.15) is 35.7 Å². The zero-order valence-electron chi connectivity index (χ0n) is 21.3. The van der Waals surface area contributed by atoms with Crippen molar-refractivity contribution in [2.45, 2.75) is 37.6 Å². The van der Waals surface area contributed by atoms with Gasteiger partial charge in [0, 0.05) is 19.6 Å². The van der Waals surface area contributed by atoms with E-state index in [4.69, 9.17) is 24.5 Å². The highest BCUT2D eigenvalue weighted by Gasteiger charge is 2.25. The number of amides is 1. The monoisotopic (exact) mass is 535 g/mol. The molecule has 1 fully saturated rings. The van der Waals surface area contributed by atoms with Crippen molar-refractivity contribution in [1.29, 1.82) is 0 Å². The Bertz CT molecular complexity index is 1200. The van der Waals surface area contributed by atoms with Gasteiger partial charge >= 0.3 is 11.9 Å². The van der Waals surface area contributed by atoms with Crippen LogP contribution in [0.2, 0.25) is 0 Å². The normalized spacial score (nSPS) is 15.6. The van der Waals surface area contributed by atoms with Gasteiger partial charge in [-0.3, -0.25) is 9.10 Å². The molecule has 0 spiro atoms. The summed E-state index contributed by atoms with van der Waals surface area (Å²) in [5.74, 6) is -3.50. The second kappa shape index (κ2) is 13.1. The Morgan fingerprint density at radius 1 is 1.11 bits per heavy atom. The van der Waals surface area contributed by atoms with Gasteiger partial charge < -0.3 is 25.2 Å². The molecule has 11 nitrogen and oxygen atoms in total. The third kappa shape index (κ3) is 7.92. The number of carboxylic acids is 2. The molecule has 12 heteroatoms. The number of nitrogens with zero attached hydrogens (tertiary/aromatic N) is 2. The van der Waals surface area contributed by atoms with Gasteiger partial charge in [0.25, 0.3) is 15.9 Å².